The summed E-state index contributed by atoms with van der Waals surface area (Å²) in [4.78, 5) is 9.00. The highest BCUT2D eigenvalue weighted by molar-refractivity contribution is 6.67. The van der Waals surface area contributed by atoms with Crippen molar-refractivity contribution in [2.24, 2.45) is 6.98 Å². The fraction of sp³-hybridized carbons (Fsp3) is 0.0364. The van der Waals surface area contributed by atoms with Gasteiger partial charge in [-0.25, -0.2) is 4.98 Å². The molecule has 10 heteroatoms. The monoisotopic (exact) mass is 848 g/mol. The molecule has 0 spiro atoms. The van der Waals surface area contributed by atoms with Gasteiger partial charge in [0.05, 0.1) is 47.4 Å². The van der Waals surface area contributed by atoms with Gasteiger partial charge < -0.3 is 29.7 Å². The number of hydrogen-bond acceptors (Lipinski definition) is 6. The van der Waals surface area contributed by atoms with E-state index in [1.54, 1.807) is 48.5 Å². The zero-order valence-electron chi connectivity index (χ0n) is 43.8. The largest absolute Gasteiger partial charge is 0.457 e. The molecule has 8 nitrogen and oxygen atoms in total. The first-order chi connectivity index (χ1) is 35.9. The van der Waals surface area contributed by atoms with E-state index in [1.165, 1.54) is 10.6 Å². The summed E-state index contributed by atoms with van der Waals surface area (Å²) in [5.74, 6) is 4.43. The summed E-state index contributed by atoms with van der Waals surface area (Å²) < 4.78 is 88.9. The maximum absolute atomic E-state index is 9.40. The van der Waals surface area contributed by atoms with E-state index < -0.39 is 19.1 Å². The van der Waals surface area contributed by atoms with Gasteiger partial charge in [0.1, 0.15) is 18.2 Å². The van der Waals surface area contributed by atoms with Crippen molar-refractivity contribution in [3.63, 3.8) is 0 Å². The van der Waals surface area contributed by atoms with Crippen LogP contribution in [-0.4, -0.2) is 35.3 Å². The second-order valence-corrected chi connectivity index (χ2v) is 15.2. The van der Waals surface area contributed by atoms with Crippen molar-refractivity contribution < 1.29 is 17.1 Å². The minimum absolute atomic E-state index is 0.0246. The average Bonchev–Trinajstić information content (AvgIpc) is 4.11. The minimum atomic E-state index is -2.74. The van der Waals surface area contributed by atoms with Crippen LogP contribution in [0.15, 0.2) is 219 Å². The van der Waals surface area contributed by atoms with Crippen LogP contribution in [0, 0.1) is 0 Å². The Kier molecular flexibility index (Phi) is 8.22. The van der Waals surface area contributed by atoms with Gasteiger partial charge in [0.2, 0.25) is 5.95 Å². The van der Waals surface area contributed by atoms with Crippen LogP contribution < -0.4 is 25.2 Å². The van der Waals surface area contributed by atoms with Gasteiger partial charge in [0, 0.05) is 64.5 Å². The molecule has 0 saturated heterocycles. The van der Waals surface area contributed by atoms with Crippen molar-refractivity contribution in [1.82, 2.24) is 24.8 Å². The van der Waals surface area contributed by atoms with Crippen molar-refractivity contribution >= 4 is 81.1 Å². The number of ether oxygens (including phenoxy) is 1. The quantitative estimate of drug-likeness (QED) is 0.156. The van der Waals surface area contributed by atoms with Crippen molar-refractivity contribution in [1.29, 1.82) is 0 Å². The third-order valence-electron chi connectivity index (χ3n) is 11.3. The van der Waals surface area contributed by atoms with E-state index in [2.05, 4.69) is 60.4 Å². The van der Waals surface area contributed by atoms with Crippen LogP contribution in [0.5, 0.6) is 11.5 Å². The van der Waals surface area contributed by atoms with Gasteiger partial charge in [0.15, 0.2) is 14.6 Å². The molecule has 6 aromatic carbocycles. The zero-order chi connectivity index (χ0) is 51.3. The summed E-state index contributed by atoms with van der Waals surface area (Å²) in [7, 11) is 4.16. The van der Waals surface area contributed by atoms with Gasteiger partial charge >= 0.3 is 0 Å². The maximum atomic E-state index is 9.40. The molecular formula is C55H43B2N7O. The van der Waals surface area contributed by atoms with Crippen molar-refractivity contribution in [3.8, 4) is 17.4 Å². The summed E-state index contributed by atoms with van der Waals surface area (Å²) >= 11 is 0. The molecule has 2 N–H and O–H groups in total. The van der Waals surface area contributed by atoms with Crippen LogP contribution >= 0.6 is 0 Å². The highest BCUT2D eigenvalue weighted by Gasteiger charge is 2.32. The molecule has 0 saturated carbocycles. The smallest absolute Gasteiger partial charge is 0.215 e. The van der Waals surface area contributed by atoms with Gasteiger partial charge in [-0.2, -0.15) is 0 Å². The van der Waals surface area contributed by atoms with Crippen LogP contribution in [0.1, 0.15) is 23.5 Å². The van der Waals surface area contributed by atoms with Gasteiger partial charge in [-0.15, -0.1) is 12.0 Å². The Morgan fingerprint density at radius 3 is 2.08 bits per heavy atom. The summed E-state index contributed by atoms with van der Waals surface area (Å²) in [6, 6.07) is 27.5. The molecule has 8 aromatic rings. The van der Waals surface area contributed by atoms with Gasteiger partial charge in [-0.1, -0.05) is 102 Å². The molecule has 0 bridgehead atoms. The Labute approximate surface area is 392 Å². The molecule has 0 aliphatic carbocycles. The van der Waals surface area contributed by atoms with E-state index in [4.69, 9.17) is 20.7 Å². The predicted molar refractivity (Wildman–Crippen MR) is 272 cm³/mol. The lowest BCUT2D eigenvalue weighted by Crippen LogP contribution is -2.26. The number of hydrogen-bond donors (Lipinski definition) is 2. The van der Waals surface area contributed by atoms with Crippen LogP contribution in [-0.2, 0) is 6.98 Å². The highest BCUT2D eigenvalue weighted by atomic mass is 16.5. The third-order valence-corrected chi connectivity index (χ3v) is 11.3. The lowest BCUT2D eigenvalue weighted by molar-refractivity contribution is 0.483. The van der Waals surface area contributed by atoms with E-state index in [0.717, 1.165) is 43.7 Å². The molecule has 310 valence electrons. The van der Waals surface area contributed by atoms with Gasteiger partial charge in [0.25, 0.3) is 0 Å². The normalized spacial score (nSPS) is 21.4. The number of rotatable bonds is 7. The number of nitrogens with zero attached hydrogens (tertiary/aromatic N) is 5. The van der Waals surface area contributed by atoms with Gasteiger partial charge in [-0.05, 0) is 90.0 Å². The second kappa shape index (κ2) is 17.4. The Morgan fingerprint density at radius 1 is 0.615 bits per heavy atom. The number of nitrogens with one attached hydrogen (secondary N) is 2. The number of imidazole rings is 1. The van der Waals surface area contributed by atoms with Crippen LogP contribution in [0.4, 0.5) is 22.7 Å². The van der Waals surface area contributed by atoms with Gasteiger partial charge in [-0.3, -0.25) is 4.57 Å². The molecule has 3 aliphatic rings. The number of para-hydroxylation sites is 6. The molecule has 0 unspecified atom stereocenters. The molecular weight excluding hydrogens is 796 g/mol. The molecule has 2 aromatic heterocycles. The Bertz CT molecular complexity index is 3780. The third kappa shape index (κ3) is 7.55. The number of aryl methyl sites for hydroxylation is 1. The molecule has 0 atom stereocenters. The van der Waals surface area contributed by atoms with E-state index >= 15 is 0 Å². The first kappa shape index (κ1) is 30.6. The second-order valence-electron chi connectivity index (χ2n) is 15.2. The van der Waals surface area contributed by atoms with Crippen molar-refractivity contribution in [2.75, 3.05) is 16.5 Å². The Balaban J connectivity index is 1.04. The standard InChI is InChI=1S/C55H43B2N7O/c1-61-50-25-5-3-23-48(50)60-55(61)64-49-24-4-2-18-42(49)43-29-28-41(37-53(43)64)65-40-17-12-16-39(36-40)62-38-63(52-27-7-6-26-51(52)62)54-44(46-21-14-34-58-32-10-8-30-56-46)19-13-20-45(54)47-22-15-35-59-33-11-9-31-57-47/h2-37,58-59H,38H2,1H3/b30-8-,31-9-,32-10-,33-11-,34-14-,35-15-,46-21-,47-22-/i1D3,2D,4D,12D,16D,18D,24D. The fourth-order valence-corrected chi connectivity index (χ4v) is 8.44. The SMILES string of the molecule is [2H]c1cc(Oc2ccc3c4c([2H])c([2H])c([2H])c([2H])c4n(-c4nc5ccccc5n4C([2H])([2H])[2H])c3c2)cc(N2CN(c3c(/C4=C/C=C\N/C=C\C=C/[B]4)cccc3/C3=C/C=C\N/C=C\C=C/[B]3)c3ccccc32)c1[2H]. The minimum Gasteiger partial charge on any atom is -0.457 e. The van der Waals surface area contributed by atoms with E-state index in [0.29, 0.717) is 27.6 Å². The highest BCUT2D eigenvalue weighted by Crippen LogP contribution is 2.49. The van der Waals surface area contributed by atoms with E-state index in [-0.39, 0.29) is 59.2 Å². The Morgan fingerprint density at radius 2 is 1.31 bits per heavy atom. The number of benzene rings is 6. The fourth-order valence-electron chi connectivity index (χ4n) is 8.44. The summed E-state index contributed by atoms with van der Waals surface area (Å²) in [5.41, 5.74) is 7.88. The molecule has 0 amide bonds. The molecule has 2 radical (unpaired) electrons. The van der Waals surface area contributed by atoms with Crippen molar-refractivity contribution in [2.45, 2.75) is 0 Å². The molecule has 0 fully saturated rings. The zero-order valence-corrected chi connectivity index (χ0v) is 34.8. The maximum Gasteiger partial charge on any atom is 0.215 e. The number of fused-ring (bicyclic) bond motifs is 5. The first-order valence-electron chi connectivity index (χ1n) is 25.6. The number of anilines is 4. The molecule has 11 rings (SSSR count). The van der Waals surface area contributed by atoms with Crippen LogP contribution in [0.25, 0.3) is 49.7 Å². The lowest BCUT2D eigenvalue weighted by atomic mass is 9.63. The molecule has 5 heterocycles. The van der Waals surface area contributed by atoms with Crippen LogP contribution in [0.2, 0.25) is 0 Å². The topological polar surface area (TPSA) is 62.5 Å². The van der Waals surface area contributed by atoms with E-state index in [9.17, 15) is 1.37 Å². The summed E-state index contributed by atoms with van der Waals surface area (Å²) in [6.07, 6.45) is 23.3. The predicted octanol–water partition coefficient (Wildman–Crippen LogP) is 12.1. The number of allylic oxidation sites excluding steroid dienone is 8. The molecule has 65 heavy (non-hydrogen) atoms. The Hall–Kier alpha value is -8.36. The van der Waals surface area contributed by atoms with E-state index in [1.807, 2.05) is 102 Å². The summed E-state index contributed by atoms with van der Waals surface area (Å²) in [6.45, 7) is -2.48. The average molecular weight is 849 g/mol. The summed E-state index contributed by atoms with van der Waals surface area (Å²) in [5, 5.41) is 6.94. The molecule has 3 aliphatic heterocycles. The first-order valence-corrected chi connectivity index (χ1v) is 21.1. The van der Waals surface area contributed by atoms with Crippen molar-refractivity contribution in [3.05, 3.63) is 230 Å². The van der Waals surface area contributed by atoms with Crippen LogP contribution in [0.3, 0.4) is 0 Å². The number of aromatic nitrogens is 3. The lowest BCUT2D eigenvalue weighted by Gasteiger charge is -2.28.